The summed E-state index contributed by atoms with van der Waals surface area (Å²) in [5, 5.41) is 15.9. The first-order valence-corrected chi connectivity index (χ1v) is 7.05. The van der Waals surface area contributed by atoms with Gasteiger partial charge < -0.3 is 10.4 Å². The van der Waals surface area contributed by atoms with E-state index >= 15 is 0 Å². The van der Waals surface area contributed by atoms with Crippen molar-refractivity contribution in [1.29, 1.82) is 0 Å². The van der Waals surface area contributed by atoms with E-state index in [9.17, 15) is 5.11 Å². The summed E-state index contributed by atoms with van der Waals surface area (Å²) in [5.74, 6) is 1.25. The molecule has 0 aliphatic rings. The van der Waals surface area contributed by atoms with E-state index in [1.807, 2.05) is 24.4 Å². The fraction of sp³-hybridized carbons (Fsp3) is 0.133. The molecule has 0 aliphatic heterocycles. The number of phenolic OH excluding ortho intramolecular Hbond substituents is 1. The highest BCUT2D eigenvalue weighted by molar-refractivity contribution is 7.17. The van der Waals surface area contributed by atoms with Crippen LogP contribution in [0, 0.1) is 0 Å². The number of nitrogens with zero attached hydrogens (tertiary/aromatic N) is 1. The third kappa shape index (κ3) is 2.69. The average Bonchev–Trinajstić information content (AvgIpc) is 2.90. The Balaban J connectivity index is 1.66. The van der Waals surface area contributed by atoms with E-state index in [1.54, 1.807) is 23.5 Å². The molecule has 2 N–H and O–H groups in total. The summed E-state index contributed by atoms with van der Waals surface area (Å²) in [4.78, 5) is 4.38. The normalized spacial score (nSPS) is 10.7. The highest BCUT2D eigenvalue weighted by Gasteiger charge is 2.02. The molecule has 1 aromatic carbocycles. The van der Waals surface area contributed by atoms with Crippen LogP contribution < -0.4 is 5.32 Å². The molecular formula is C15H14N2OS. The van der Waals surface area contributed by atoms with Crippen molar-refractivity contribution in [3.63, 3.8) is 0 Å². The molecule has 2 heterocycles. The number of fused-ring (bicyclic) bond motifs is 1. The Bertz CT molecular complexity index is 676. The first-order chi connectivity index (χ1) is 9.33. The largest absolute Gasteiger partial charge is 0.508 e. The number of anilines is 1. The molecule has 19 heavy (non-hydrogen) atoms. The standard InChI is InChI=1S/C15H14N2OS/c18-12-3-1-11(2-4-12)5-8-16-15-13-7-10-19-14(13)6-9-17-15/h1-4,6-7,9-10,18H,5,8H2,(H,16,17). The highest BCUT2D eigenvalue weighted by Crippen LogP contribution is 2.25. The number of aromatic nitrogens is 1. The summed E-state index contributed by atoms with van der Waals surface area (Å²) in [7, 11) is 0. The van der Waals surface area contributed by atoms with Gasteiger partial charge in [0.25, 0.3) is 0 Å². The van der Waals surface area contributed by atoms with Gasteiger partial charge in [-0.1, -0.05) is 12.1 Å². The van der Waals surface area contributed by atoms with Gasteiger partial charge in [-0.05, 0) is 41.6 Å². The van der Waals surface area contributed by atoms with Gasteiger partial charge in [-0.25, -0.2) is 4.98 Å². The predicted octanol–water partition coefficient (Wildman–Crippen LogP) is 3.66. The molecule has 0 aliphatic carbocycles. The lowest BCUT2D eigenvalue weighted by molar-refractivity contribution is 0.475. The third-order valence-corrected chi connectivity index (χ3v) is 3.90. The van der Waals surface area contributed by atoms with Gasteiger partial charge in [0.2, 0.25) is 0 Å². The number of hydrogen-bond acceptors (Lipinski definition) is 4. The molecule has 0 saturated carbocycles. The fourth-order valence-corrected chi connectivity index (χ4v) is 2.81. The quantitative estimate of drug-likeness (QED) is 0.760. The smallest absolute Gasteiger partial charge is 0.134 e. The van der Waals surface area contributed by atoms with Crippen molar-refractivity contribution in [2.45, 2.75) is 6.42 Å². The van der Waals surface area contributed by atoms with Crippen LogP contribution in [0.4, 0.5) is 5.82 Å². The molecule has 96 valence electrons. The third-order valence-electron chi connectivity index (χ3n) is 3.02. The number of nitrogens with one attached hydrogen (secondary N) is 1. The molecule has 0 spiro atoms. The summed E-state index contributed by atoms with van der Waals surface area (Å²) in [6, 6.07) is 11.4. The number of phenols is 1. The molecule has 4 heteroatoms. The number of hydrogen-bond donors (Lipinski definition) is 2. The lowest BCUT2D eigenvalue weighted by Gasteiger charge is -2.07. The van der Waals surface area contributed by atoms with Crippen molar-refractivity contribution in [2.75, 3.05) is 11.9 Å². The maximum absolute atomic E-state index is 9.23. The highest BCUT2D eigenvalue weighted by atomic mass is 32.1. The summed E-state index contributed by atoms with van der Waals surface area (Å²) < 4.78 is 1.25. The molecule has 3 aromatic rings. The SMILES string of the molecule is Oc1ccc(CCNc2nccc3sccc23)cc1. The second-order valence-electron chi connectivity index (χ2n) is 4.34. The monoisotopic (exact) mass is 270 g/mol. The van der Waals surface area contributed by atoms with Crippen LogP contribution in [0.3, 0.4) is 0 Å². The van der Waals surface area contributed by atoms with E-state index in [-0.39, 0.29) is 0 Å². The van der Waals surface area contributed by atoms with Crippen LogP contribution in [0.5, 0.6) is 5.75 Å². The van der Waals surface area contributed by atoms with Crippen molar-refractivity contribution < 1.29 is 5.11 Å². The lowest BCUT2D eigenvalue weighted by atomic mass is 10.1. The molecule has 2 aromatic heterocycles. The zero-order valence-electron chi connectivity index (χ0n) is 10.3. The minimum atomic E-state index is 0.307. The first-order valence-electron chi connectivity index (χ1n) is 6.17. The molecule has 0 fully saturated rings. The average molecular weight is 270 g/mol. The van der Waals surface area contributed by atoms with Gasteiger partial charge in [0.05, 0.1) is 0 Å². The van der Waals surface area contributed by atoms with Crippen molar-refractivity contribution in [1.82, 2.24) is 4.98 Å². The Morgan fingerprint density at radius 3 is 2.79 bits per heavy atom. The van der Waals surface area contributed by atoms with Crippen molar-refractivity contribution in [3.8, 4) is 5.75 Å². The van der Waals surface area contributed by atoms with Gasteiger partial charge >= 0.3 is 0 Å². The zero-order chi connectivity index (χ0) is 13.1. The topological polar surface area (TPSA) is 45.1 Å². The van der Waals surface area contributed by atoms with Crippen LogP contribution in [-0.4, -0.2) is 16.6 Å². The molecule has 0 bridgehead atoms. The van der Waals surface area contributed by atoms with Crippen LogP contribution in [0.25, 0.3) is 10.1 Å². The van der Waals surface area contributed by atoms with Crippen LogP contribution in [0.2, 0.25) is 0 Å². The minimum Gasteiger partial charge on any atom is -0.508 e. The van der Waals surface area contributed by atoms with Gasteiger partial charge in [-0.3, -0.25) is 0 Å². The molecule has 0 amide bonds. The minimum absolute atomic E-state index is 0.307. The maximum Gasteiger partial charge on any atom is 0.134 e. The van der Waals surface area contributed by atoms with Gasteiger partial charge in [0, 0.05) is 22.8 Å². The Labute approximate surface area is 115 Å². The van der Waals surface area contributed by atoms with E-state index in [1.165, 1.54) is 15.6 Å². The summed E-state index contributed by atoms with van der Waals surface area (Å²) >= 11 is 1.73. The van der Waals surface area contributed by atoms with E-state index in [0.717, 1.165) is 18.8 Å². The van der Waals surface area contributed by atoms with Crippen LogP contribution in [0.1, 0.15) is 5.56 Å². The Morgan fingerprint density at radius 1 is 1.11 bits per heavy atom. The van der Waals surface area contributed by atoms with Gasteiger partial charge in [-0.2, -0.15) is 0 Å². The Kier molecular flexibility index (Phi) is 3.33. The Morgan fingerprint density at radius 2 is 1.95 bits per heavy atom. The summed E-state index contributed by atoms with van der Waals surface area (Å²) in [6.45, 7) is 0.826. The van der Waals surface area contributed by atoms with Crippen LogP contribution >= 0.6 is 11.3 Å². The van der Waals surface area contributed by atoms with Crippen LogP contribution in [-0.2, 0) is 6.42 Å². The molecule has 0 unspecified atom stereocenters. The van der Waals surface area contributed by atoms with E-state index < -0.39 is 0 Å². The van der Waals surface area contributed by atoms with E-state index in [0.29, 0.717) is 5.75 Å². The fourth-order valence-electron chi connectivity index (χ4n) is 2.02. The zero-order valence-corrected chi connectivity index (χ0v) is 11.2. The number of thiophene rings is 1. The van der Waals surface area contributed by atoms with Crippen LogP contribution in [0.15, 0.2) is 48.0 Å². The second kappa shape index (κ2) is 5.28. The molecule has 3 nitrogen and oxygen atoms in total. The molecule has 0 saturated heterocycles. The van der Waals surface area contributed by atoms with Crippen molar-refractivity contribution in [3.05, 3.63) is 53.5 Å². The maximum atomic E-state index is 9.23. The number of aromatic hydroxyl groups is 1. The number of rotatable bonds is 4. The van der Waals surface area contributed by atoms with Gasteiger partial charge in [-0.15, -0.1) is 11.3 Å². The molecular weight excluding hydrogens is 256 g/mol. The van der Waals surface area contributed by atoms with E-state index in [4.69, 9.17) is 0 Å². The first kappa shape index (κ1) is 12.0. The molecule has 3 rings (SSSR count). The van der Waals surface area contributed by atoms with Crippen molar-refractivity contribution >= 4 is 27.2 Å². The molecule has 0 radical (unpaired) electrons. The van der Waals surface area contributed by atoms with Gasteiger partial charge in [0.1, 0.15) is 11.6 Å². The number of pyridine rings is 1. The van der Waals surface area contributed by atoms with Crippen molar-refractivity contribution in [2.24, 2.45) is 0 Å². The lowest BCUT2D eigenvalue weighted by Crippen LogP contribution is -2.06. The summed E-state index contributed by atoms with van der Waals surface area (Å²) in [5.41, 5.74) is 1.20. The molecule has 0 atom stereocenters. The predicted molar refractivity (Wildman–Crippen MR) is 79.9 cm³/mol. The van der Waals surface area contributed by atoms with Gasteiger partial charge in [0.15, 0.2) is 0 Å². The second-order valence-corrected chi connectivity index (χ2v) is 5.28. The summed E-state index contributed by atoms with van der Waals surface area (Å²) in [6.07, 6.45) is 2.74. The Hall–Kier alpha value is -2.07. The number of benzene rings is 1. The van der Waals surface area contributed by atoms with E-state index in [2.05, 4.69) is 21.7 Å².